The van der Waals surface area contributed by atoms with Crippen molar-refractivity contribution in [2.75, 3.05) is 44.3 Å². The zero-order valence-corrected chi connectivity index (χ0v) is 10.5. The number of nitrogens with zero attached hydrogens (tertiary/aromatic N) is 1. The lowest BCUT2D eigenvalue weighted by Crippen LogP contribution is -2.37. The van der Waals surface area contributed by atoms with E-state index in [0.29, 0.717) is 10.6 Å². The molecular formula is C12H17FN2OS. The number of ether oxygens (including phenoxy) is 1. The summed E-state index contributed by atoms with van der Waals surface area (Å²) in [7, 11) is 0. The van der Waals surface area contributed by atoms with Crippen LogP contribution in [0.3, 0.4) is 0 Å². The summed E-state index contributed by atoms with van der Waals surface area (Å²) < 4.78 is 18.8. The van der Waals surface area contributed by atoms with Gasteiger partial charge in [0.15, 0.2) is 0 Å². The number of thioether (sulfide) groups is 1. The molecule has 1 saturated heterocycles. The molecular weight excluding hydrogens is 239 g/mol. The summed E-state index contributed by atoms with van der Waals surface area (Å²) in [5, 5.41) is 0. The Morgan fingerprint density at radius 1 is 1.35 bits per heavy atom. The third-order valence-corrected chi connectivity index (χ3v) is 3.75. The molecule has 0 atom stereocenters. The smallest absolute Gasteiger partial charge is 0.138 e. The van der Waals surface area contributed by atoms with Gasteiger partial charge in [-0.2, -0.15) is 0 Å². The first-order chi connectivity index (χ1) is 8.25. The Labute approximate surface area is 105 Å². The van der Waals surface area contributed by atoms with E-state index in [9.17, 15) is 4.39 Å². The maximum absolute atomic E-state index is 13.5. The first-order valence-corrected chi connectivity index (χ1v) is 6.72. The number of nitrogens with two attached hydrogens (primary N) is 1. The highest BCUT2D eigenvalue weighted by Gasteiger charge is 2.10. The molecule has 1 aliphatic heterocycles. The van der Waals surface area contributed by atoms with Gasteiger partial charge < -0.3 is 10.5 Å². The van der Waals surface area contributed by atoms with Crippen LogP contribution in [0.4, 0.5) is 10.1 Å². The zero-order chi connectivity index (χ0) is 12.1. The maximum atomic E-state index is 13.5. The van der Waals surface area contributed by atoms with E-state index in [4.69, 9.17) is 10.5 Å². The van der Waals surface area contributed by atoms with Gasteiger partial charge in [0, 0.05) is 36.0 Å². The molecule has 1 heterocycles. The Bertz CT molecular complexity index is 370. The van der Waals surface area contributed by atoms with Crippen LogP contribution in [-0.4, -0.2) is 43.5 Å². The molecule has 0 unspecified atom stereocenters. The third kappa shape index (κ3) is 3.87. The summed E-state index contributed by atoms with van der Waals surface area (Å²) in [6, 6.07) is 4.85. The minimum Gasteiger partial charge on any atom is -0.399 e. The third-order valence-electron chi connectivity index (χ3n) is 2.72. The van der Waals surface area contributed by atoms with Gasteiger partial charge in [0.2, 0.25) is 0 Å². The average molecular weight is 256 g/mol. The first kappa shape index (κ1) is 12.7. The molecule has 1 aromatic rings. The molecule has 0 aromatic heterocycles. The quantitative estimate of drug-likeness (QED) is 0.659. The fourth-order valence-corrected chi connectivity index (χ4v) is 2.67. The van der Waals surface area contributed by atoms with E-state index in [1.54, 1.807) is 12.1 Å². The normalized spacial score (nSPS) is 17.2. The summed E-state index contributed by atoms with van der Waals surface area (Å²) in [5.41, 5.74) is 5.97. The predicted molar refractivity (Wildman–Crippen MR) is 68.8 cm³/mol. The van der Waals surface area contributed by atoms with Crippen LogP contribution in [0.1, 0.15) is 0 Å². The lowest BCUT2D eigenvalue weighted by atomic mass is 10.3. The molecule has 94 valence electrons. The van der Waals surface area contributed by atoms with Gasteiger partial charge in [0.1, 0.15) is 5.82 Å². The van der Waals surface area contributed by atoms with Crippen molar-refractivity contribution in [2.24, 2.45) is 0 Å². The van der Waals surface area contributed by atoms with Gasteiger partial charge >= 0.3 is 0 Å². The van der Waals surface area contributed by atoms with Gasteiger partial charge in [0.05, 0.1) is 13.2 Å². The van der Waals surface area contributed by atoms with Crippen molar-refractivity contribution in [1.82, 2.24) is 4.90 Å². The molecule has 1 aliphatic rings. The Morgan fingerprint density at radius 2 is 2.12 bits per heavy atom. The fourth-order valence-electron chi connectivity index (χ4n) is 1.74. The number of morpholine rings is 1. The molecule has 0 aliphatic carbocycles. The molecule has 0 spiro atoms. The summed E-state index contributed by atoms with van der Waals surface area (Å²) in [6.45, 7) is 4.54. The molecule has 1 fully saturated rings. The topological polar surface area (TPSA) is 38.5 Å². The lowest BCUT2D eigenvalue weighted by molar-refractivity contribution is 0.0410. The van der Waals surface area contributed by atoms with E-state index in [0.717, 1.165) is 38.6 Å². The number of hydrogen-bond acceptors (Lipinski definition) is 4. The van der Waals surface area contributed by atoms with Crippen molar-refractivity contribution in [2.45, 2.75) is 4.90 Å². The van der Waals surface area contributed by atoms with Crippen molar-refractivity contribution >= 4 is 17.4 Å². The monoisotopic (exact) mass is 256 g/mol. The summed E-state index contributed by atoms with van der Waals surface area (Å²) in [5.74, 6) is 0.665. The number of nitrogen functional groups attached to an aromatic ring is 1. The van der Waals surface area contributed by atoms with E-state index in [2.05, 4.69) is 4.90 Å². The Balaban J connectivity index is 1.77. The molecule has 2 N–H and O–H groups in total. The predicted octanol–water partition coefficient (Wildman–Crippen LogP) is 1.83. The van der Waals surface area contributed by atoms with Gasteiger partial charge in [-0.05, 0) is 18.2 Å². The zero-order valence-electron chi connectivity index (χ0n) is 9.69. The molecule has 17 heavy (non-hydrogen) atoms. The molecule has 0 saturated carbocycles. The van der Waals surface area contributed by atoms with Crippen molar-refractivity contribution < 1.29 is 9.13 Å². The lowest BCUT2D eigenvalue weighted by Gasteiger charge is -2.26. The number of anilines is 1. The van der Waals surface area contributed by atoms with Crippen molar-refractivity contribution in [1.29, 1.82) is 0 Å². The number of rotatable bonds is 4. The van der Waals surface area contributed by atoms with Crippen molar-refractivity contribution in [3.8, 4) is 0 Å². The fraction of sp³-hybridized carbons (Fsp3) is 0.500. The van der Waals surface area contributed by atoms with Crippen molar-refractivity contribution in [3.05, 3.63) is 24.0 Å². The van der Waals surface area contributed by atoms with Crippen molar-refractivity contribution in [3.63, 3.8) is 0 Å². The summed E-state index contributed by atoms with van der Waals surface area (Å²) in [4.78, 5) is 3.01. The van der Waals surface area contributed by atoms with E-state index in [1.165, 1.54) is 17.8 Å². The van der Waals surface area contributed by atoms with Gasteiger partial charge in [-0.3, -0.25) is 4.90 Å². The minimum absolute atomic E-state index is 0.225. The highest BCUT2D eigenvalue weighted by atomic mass is 32.2. The van der Waals surface area contributed by atoms with Crippen LogP contribution in [0.15, 0.2) is 23.1 Å². The van der Waals surface area contributed by atoms with Crippen LogP contribution in [0.2, 0.25) is 0 Å². The second kappa shape index (κ2) is 6.23. The molecule has 0 bridgehead atoms. The SMILES string of the molecule is Nc1ccc(SCCN2CCOCC2)c(F)c1. The number of benzene rings is 1. The second-order valence-corrected chi connectivity index (χ2v) is 5.13. The average Bonchev–Trinajstić information content (AvgIpc) is 2.33. The molecule has 1 aromatic carbocycles. The summed E-state index contributed by atoms with van der Waals surface area (Å²) >= 11 is 1.54. The van der Waals surface area contributed by atoms with Gasteiger partial charge in [-0.15, -0.1) is 11.8 Å². The standard InChI is InChI=1S/C12H17FN2OS/c13-11-9-10(14)1-2-12(11)17-8-5-15-3-6-16-7-4-15/h1-2,9H,3-8,14H2. The van der Waals surface area contributed by atoms with E-state index < -0.39 is 0 Å². The van der Waals surface area contributed by atoms with Crippen LogP contribution in [0.25, 0.3) is 0 Å². The van der Waals surface area contributed by atoms with Crippen LogP contribution < -0.4 is 5.73 Å². The van der Waals surface area contributed by atoms with E-state index in [-0.39, 0.29) is 5.82 Å². The van der Waals surface area contributed by atoms with Crippen LogP contribution in [-0.2, 0) is 4.74 Å². The highest BCUT2D eigenvalue weighted by molar-refractivity contribution is 7.99. The van der Waals surface area contributed by atoms with Gasteiger partial charge in [0.25, 0.3) is 0 Å². The number of halogens is 1. The molecule has 0 radical (unpaired) electrons. The Hall–Kier alpha value is -0.780. The largest absolute Gasteiger partial charge is 0.399 e. The minimum atomic E-state index is -0.225. The number of hydrogen-bond donors (Lipinski definition) is 1. The van der Waals surface area contributed by atoms with Crippen LogP contribution >= 0.6 is 11.8 Å². The maximum Gasteiger partial charge on any atom is 0.138 e. The summed E-state index contributed by atoms with van der Waals surface area (Å²) in [6.07, 6.45) is 0. The first-order valence-electron chi connectivity index (χ1n) is 5.73. The van der Waals surface area contributed by atoms with Crippen LogP contribution in [0, 0.1) is 5.82 Å². The highest BCUT2D eigenvalue weighted by Crippen LogP contribution is 2.23. The van der Waals surface area contributed by atoms with E-state index >= 15 is 0 Å². The molecule has 2 rings (SSSR count). The van der Waals surface area contributed by atoms with Gasteiger partial charge in [-0.25, -0.2) is 4.39 Å². The van der Waals surface area contributed by atoms with Gasteiger partial charge in [-0.1, -0.05) is 0 Å². The molecule has 5 heteroatoms. The second-order valence-electron chi connectivity index (χ2n) is 3.99. The van der Waals surface area contributed by atoms with E-state index in [1.807, 2.05) is 0 Å². The Kier molecular flexibility index (Phi) is 4.65. The molecule has 3 nitrogen and oxygen atoms in total. The molecule has 0 amide bonds. The van der Waals surface area contributed by atoms with Crippen LogP contribution in [0.5, 0.6) is 0 Å². The Morgan fingerprint density at radius 3 is 2.82 bits per heavy atom.